The minimum atomic E-state index is -0.140. The van der Waals surface area contributed by atoms with Gasteiger partial charge in [-0.2, -0.15) is 5.10 Å². The van der Waals surface area contributed by atoms with Crippen LogP contribution in [0.3, 0.4) is 0 Å². The highest BCUT2D eigenvalue weighted by molar-refractivity contribution is 8.00. The molecule has 0 aromatic carbocycles. The maximum atomic E-state index is 12.2. The molecule has 6 heteroatoms. The number of carbonyl (C=O) groups excluding carboxylic acids is 1. The highest BCUT2D eigenvalue weighted by Gasteiger charge is 2.29. The van der Waals surface area contributed by atoms with E-state index in [0.29, 0.717) is 13.0 Å². The number of aryl methyl sites for hydroxylation is 2. The number of ether oxygens (including phenoxy) is 1. The van der Waals surface area contributed by atoms with Crippen LogP contribution in [-0.2, 0) is 29.4 Å². The van der Waals surface area contributed by atoms with E-state index < -0.39 is 0 Å². The van der Waals surface area contributed by atoms with E-state index in [0.717, 1.165) is 23.3 Å². The molecule has 0 radical (unpaired) electrons. The fraction of sp³-hybridized carbons (Fsp3) is 0.429. The van der Waals surface area contributed by atoms with Crippen molar-refractivity contribution in [3.63, 3.8) is 0 Å². The van der Waals surface area contributed by atoms with Crippen LogP contribution in [0.25, 0.3) is 0 Å². The van der Waals surface area contributed by atoms with Gasteiger partial charge in [0.1, 0.15) is 5.25 Å². The molecule has 0 saturated carbocycles. The molecule has 4 nitrogen and oxygen atoms in total. The Morgan fingerprint density at radius 3 is 3.30 bits per heavy atom. The van der Waals surface area contributed by atoms with Gasteiger partial charge in [-0.05, 0) is 34.7 Å². The monoisotopic (exact) mass is 308 g/mol. The second kappa shape index (κ2) is 6.01. The van der Waals surface area contributed by atoms with Gasteiger partial charge in [0.25, 0.3) is 0 Å². The normalized spacial score (nSPS) is 17.8. The maximum Gasteiger partial charge on any atom is 0.323 e. The molecule has 0 N–H and O–H groups in total. The molecule has 0 spiro atoms. The molecule has 106 valence electrons. The number of aromatic nitrogens is 2. The molecule has 1 aliphatic rings. The number of hydrogen-bond donors (Lipinski definition) is 0. The number of hydrogen-bond acceptors (Lipinski definition) is 5. The van der Waals surface area contributed by atoms with Crippen molar-refractivity contribution in [3.05, 3.63) is 39.8 Å². The van der Waals surface area contributed by atoms with E-state index in [1.54, 1.807) is 34.0 Å². The van der Waals surface area contributed by atoms with E-state index in [9.17, 15) is 4.79 Å². The first-order valence-corrected chi connectivity index (χ1v) is 8.49. The van der Waals surface area contributed by atoms with Crippen molar-refractivity contribution < 1.29 is 9.53 Å². The number of thioether (sulfide) groups is 1. The van der Waals surface area contributed by atoms with E-state index >= 15 is 0 Å². The van der Waals surface area contributed by atoms with Gasteiger partial charge < -0.3 is 4.74 Å². The zero-order chi connectivity index (χ0) is 13.9. The maximum absolute atomic E-state index is 12.2. The Balaban J connectivity index is 1.55. The predicted molar refractivity (Wildman–Crippen MR) is 81.1 cm³/mol. The molecule has 1 atom stereocenters. The molecule has 0 unspecified atom stereocenters. The van der Waals surface area contributed by atoms with E-state index in [-0.39, 0.29) is 11.2 Å². The van der Waals surface area contributed by atoms with Crippen molar-refractivity contribution in [2.45, 2.75) is 18.1 Å². The van der Waals surface area contributed by atoms with Gasteiger partial charge in [0, 0.05) is 24.5 Å². The molecular weight excluding hydrogens is 292 g/mol. The van der Waals surface area contributed by atoms with E-state index in [4.69, 9.17) is 4.74 Å². The third-order valence-electron chi connectivity index (χ3n) is 3.28. The summed E-state index contributed by atoms with van der Waals surface area (Å²) in [7, 11) is 1.88. The molecule has 0 aliphatic carbocycles. The summed E-state index contributed by atoms with van der Waals surface area (Å²) in [6.45, 7) is 0.418. The van der Waals surface area contributed by atoms with Crippen LogP contribution in [0, 0.1) is 0 Å². The lowest BCUT2D eigenvalue weighted by Crippen LogP contribution is -2.18. The van der Waals surface area contributed by atoms with Crippen LogP contribution in [0.1, 0.15) is 21.3 Å². The summed E-state index contributed by atoms with van der Waals surface area (Å²) in [5, 5.41) is 6.02. The lowest BCUT2D eigenvalue weighted by molar-refractivity contribution is -0.143. The number of nitrogens with zero attached hydrogens (tertiary/aromatic N) is 2. The third kappa shape index (κ3) is 2.91. The van der Waals surface area contributed by atoms with Crippen molar-refractivity contribution in [2.24, 2.45) is 7.05 Å². The van der Waals surface area contributed by atoms with Crippen LogP contribution < -0.4 is 0 Å². The largest absolute Gasteiger partial charge is 0.464 e. The van der Waals surface area contributed by atoms with Gasteiger partial charge in [-0.1, -0.05) is 0 Å². The van der Waals surface area contributed by atoms with Crippen molar-refractivity contribution in [1.82, 2.24) is 9.78 Å². The first-order chi connectivity index (χ1) is 9.74. The van der Waals surface area contributed by atoms with E-state index in [1.165, 1.54) is 4.88 Å². The number of thiophene rings is 1. The average Bonchev–Trinajstić information content (AvgIpc) is 3.06. The van der Waals surface area contributed by atoms with Gasteiger partial charge in [0.15, 0.2) is 0 Å². The minimum Gasteiger partial charge on any atom is -0.464 e. The highest BCUT2D eigenvalue weighted by Crippen LogP contribution is 2.39. The van der Waals surface area contributed by atoms with Crippen LogP contribution in [-0.4, -0.2) is 28.1 Å². The van der Waals surface area contributed by atoms with Crippen LogP contribution in [0.15, 0.2) is 23.8 Å². The quantitative estimate of drug-likeness (QED) is 0.814. The zero-order valence-corrected chi connectivity index (χ0v) is 12.9. The molecule has 0 bridgehead atoms. The first kappa shape index (κ1) is 13.7. The Kier molecular flexibility index (Phi) is 4.12. The van der Waals surface area contributed by atoms with Crippen LogP contribution in [0.2, 0.25) is 0 Å². The summed E-state index contributed by atoms with van der Waals surface area (Å²) < 4.78 is 7.18. The Morgan fingerprint density at radius 2 is 2.50 bits per heavy atom. The zero-order valence-electron chi connectivity index (χ0n) is 11.2. The van der Waals surface area contributed by atoms with Gasteiger partial charge >= 0.3 is 5.97 Å². The molecule has 3 rings (SSSR count). The number of carbonyl (C=O) groups is 1. The topological polar surface area (TPSA) is 44.1 Å². The fourth-order valence-corrected chi connectivity index (χ4v) is 4.57. The van der Waals surface area contributed by atoms with Crippen LogP contribution in [0.4, 0.5) is 0 Å². The second-order valence-electron chi connectivity index (χ2n) is 4.74. The number of esters is 1. The smallest absolute Gasteiger partial charge is 0.323 e. The third-order valence-corrected chi connectivity index (χ3v) is 5.50. The van der Waals surface area contributed by atoms with Crippen LogP contribution >= 0.6 is 23.1 Å². The Hall–Kier alpha value is -1.27. The summed E-state index contributed by atoms with van der Waals surface area (Å²) in [5.41, 5.74) is 2.24. The highest BCUT2D eigenvalue weighted by atomic mass is 32.2. The molecule has 2 aromatic heterocycles. The van der Waals surface area contributed by atoms with Crippen LogP contribution in [0.5, 0.6) is 0 Å². The van der Waals surface area contributed by atoms with Crippen molar-refractivity contribution in [2.75, 3.05) is 12.4 Å². The van der Waals surface area contributed by atoms with Gasteiger partial charge in [-0.25, -0.2) is 0 Å². The molecule has 0 amide bonds. The Labute approximate surface area is 126 Å². The van der Waals surface area contributed by atoms with E-state index in [1.807, 2.05) is 13.2 Å². The lowest BCUT2D eigenvalue weighted by Gasteiger charge is -2.20. The number of rotatable bonds is 4. The average molecular weight is 308 g/mol. The predicted octanol–water partition coefficient (Wildman–Crippen LogP) is 2.60. The van der Waals surface area contributed by atoms with Gasteiger partial charge in [0.2, 0.25) is 0 Å². The summed E-state index contributed by atoms with van der Waals surface area (Å²) in [6.07, 6.45) is 5.53. The Bertz CT molecular complexity index is 606. The summed E-state index contributed by atoms with van der Waals surface area (Å²) >= 11 is 3.42. The summed E-state index contributed by atoms with van der Waals surface area (Å²) in [6, 6.07) is 2.05. The van der Waals surface area contributed by atoms with Crippen molar-refractivity contribution in [1.29, 1.82) is 0 Å². The minimum absolute atomic E-state index is 0.113. The van der Waals surface area contributed by atoms with E-state index in [2.05, 4.69) is 16.5 Å². The molecule has 0 saturated heterocycles. The standard InChI is InChI=1S/C14H16N2O2S2/c1-16-9-10(8-15-16)2-5-18-14(17)13-11-3-6-19-12(11)4-7-20-13/h3,6,8-9,13H,2,4-5,7H2,1H3/t13-/m1/s1. The van der Waals surface area contributed by atoms with Crippen molar-refractivity contribution in [3.8, 4) is 0 Å². The SMILES string of the molecule is Cn1cc(CCOC(=O)[C@@H]2SCCc3sccc32)cn1. The summed E-state index contributed by atoms with van der Waals surface area (Å²) in [5.74, 6) is 0.883. The fourth-order valence-electron chi connectivity index (χ4n) is 2.29. The van der Waals surface area contributed by atoms with Crippen molar-refractivity contribution >= 4 is 29.1 Å². The molecule has 2 aromatic rings. The lowest BCUT2D eigenvalue weighted by atomic mass is 10.1. The Morgan fingerprint density at radius 1 is 1.60 bits per heavy atom. The van der Waals surface area contributed by atoms with Gasteiger partial charge in [-0.15, -0.1) is 23.1 Å². The molecular formula is C14H16N2O2S2. The van der Waals surface area contributed by atoms with Gasteiger partial charge in [-0.3, -0.25) is 9.48 Å². The second-order valence-corrected chi connectivity index (χ2v) is 6.95. The molecule has 0 fully saturated rings. The first-order valence-electron chi connectivity index (χ1n) is 6.56. The van der Waals surface area contributed by atoms with Gasteiger partial charge in [0.05, 0.1) is 12.8 Å². The summed E-state index contributed by atoms with van der Waals surface area (Å²) in [4.78, 5) is 13.5. The number of fused-ring (bicyclic) bond motifs is 1. The molecule has 20 heavy (non-hydrogen) atoms. The molecule has 3 heterocycles. The molecule has 1 aliphatic heterocycles.